The molecular weight excluding hydrogens is 534 g/mol. The molecule has 3 aromatic heterocycles. The van der Waals surface area contributed by atoms with Crippen LogP contribution in [0.4, 0.5) is 0 Å². The Balaban J connectivity index is 1.44. The first-order valence-electron chi connectivity index (χ1n) is 15.0. The number of hydrogen-bond acceptors (Lipinski definition) is 1. The molecular formula is C41H27N3. The van der Waals surface area contributed by atoms with Crippen LogP contribution in [0.15, 0.2) is 164 Å². The zero-order valence-electron chi connectivity index (χ0n) is 23.9. The van der Waals surface area contributed by atoms with Gasteiger partial charge in [0.25, 0.3) is 0 Å². The van der Waals surface area contributed by atoms with Crippen LogP contribution in [0.2, 0.25) is 0 Å². The van der Waals surface area contributed by atoms with Gasteiger partial charge in [0.1, 0.15) is 0 Å². The Morgan fingerprint density at radius 2 is 1.05 bits per heavy atom. The van der Waals surface area contributed by atoms with Crippen molar-refractivity contribution in [3.05, 3.63) is 164 Å². The third-order valence-corrected chi connectivity index (χ3v) is 8.81. The molecule has 0 spiro atoms. The van der Waals surface area contributed by atoms with E-state index in [1.54, 1.807) is 0 Å². The number of rotatable bonds is 4. The highest BCUT2D eigenvalue weighted by atomic mass is 15.0. The Morgan fingerprint density at radius 3 is 1.80 bits per heavy atom. The minimum Gasteiger partial charge on any atom is -0.309 e. The Kier molecular flexibility index (Phi) is 5.50. The second kappa shape index (κ2) is 9.82. The number of hydrogen-bond donors (Lipinski definition) is 0. The Hall–Kier alpha value is -5.93. The first-order valence-corrected chi connectivity index (χ1v) is 15.0. The van der Waals surface area contributed by atoms with Crippen molar-refractivity contribution in [2.75, 3.05) is 0 Å². The average Bonchev–Trinajstić information content (AvgIpc) is 3.61. The molecule has 44 heavy (non-hydrogen) atoms. The number of benzene rings is 6. The summed E-state index contributed by atoms with van der Waals surface area (Å²) in [6.07, 6.45) is 3.86. The molecule has 0 radical (unpaired) electrons. The van der Waals surface area contributed by atoms with E-state index in [2.05, 4.69) is 166 Å². The molecule has 0 unspecified atom stereocenters. The number of fused-ring (bicyclic) bond motifs is 6. The van der Waals surface area contributed by atoms with Gasteiger partial charge in [-0.25, -0.2) is 0 Å². The summed E-state index contributed by atoms with van der Waals surface area (Å²) in [5.41, 5.74) is 11.8. The van der Waals surface area contributed by atoms with E-state index in [-0.39, 0.29) is 0 Å². The molecule has 3 heterocycles. The lowest BCUT2D eigenvalue weighted by Crippen LogP contribution is -1.95. The highest BCUT2D eigenvalue weighted by Gasteiger charge is 2.21. The average molecular weight is 562 g/mol. The zero-order valence-corrected chi connectivity index (χ0v) is 23.9. The van der Waals surface area contributed by atoms with E-state index >= 15 is 0 Å². The molecule has 9 aromatic rings. The standard InChI is InChI=1S/C41H27N3/c1-4-12-28(13-5-1)32-22-23-37-41(35-18-10-11-19-36(35)43(37)30-14-6-2-7-15-30)40(32)29-20-21-33-34-24-25-42-27-39(34)44(38(33)26-29)31-16-8-3-9-17-31/h1-27H. The van der Waals surface area contributed by atoms with Gasteiger partial charge in [-0.05, 0) is 70.8 Å². The molecule has 9 rings (SSSR count). The van der Waals surface area contributed by atoms with Crippen LogP contribution in [0.25, 0.3) is 77.2 Å². The summed E-state index contributed by atoms with van der Waals surface area (Å²) in [6.45, 7) is 0. The Bertz CT molecular complexity index is 2470. The van der Waals surface area contributed by atoms with E-state index < -0.39 is 0 Å². The molecule has 0 aliphatic heterocycles. The predicted molar refractivity (Wildman–Crippen MR) is 184 cm³/mol. The molecule has 0 saturated carbocycles. The van der Waals surface area contributed by atoms with Gasteiger partial charge >= 0.3 is 0 Å². The molecule has 0 N–H and O–H groups in total. The SMILES string of the molecule is c1ccc(-c2ccc3c(c2-c2ccc4c5ccncc5n(-c5ccccc5)c4c2)c2ccccc2n3-c2ccccc2)cc1. The molecule has 0 aliphatic rings. The first-order chi connectivity index (χ1) is 21.9. The smallest absolute Gasteiger partial charge is 0.0724 e. The summed E-state index contributed by atoms with van der Waals surface area (Å²) in [6, 6.07) is 54.5. The molecule has 206 valence electrons. The van der Waals surface area contributed by atoms with E-state index in [0.29, 0.717) is 0 Å². The summed E-state index contributed by atoms with van der Waals surface area (Å²) in [7, 11) is 0. The molecule has 0 atom stereocenters. The summed E-state index contributed by atoms with van der Waals surface area (Å²) in [5, 5.41) is 4.92. The quantitative estimate of drug-likeness (QED) is 0.210. The van der Waals surface area contributed by atoms with Gasteiger partial charge in [0.05, 0.1) is 28.3 Å². The maximum absolute atomic E-state index is 4.51. The lowest BCUT2D eigenvalue weighted by molar-refractivity contribution is 1.17. The van der Waals surface area contributed by atoms with E-state index in [9.17, 15) is 0 Å². The maximum Gasteiger partial charge on any atom is 0.0724 e. The van der Waals surface area contributed by atoms with E-state index in [1.807, 2.05) is 12.4 Å². The first kappa shape index (κ1) is 24.6. The normalized spacial score (nSPS) is 11.6. The second-order valence-electron chi connectivity index (χ2n) is 11.2. The molecule has 0 bridgehead atoms. The summed E-state index contributed by atoms with van der Waals surface area (Å²) in [4.78, 5) is 4.51. The van der Waals surface area contributed by atoms with Crippen LogP contribution in [-0.4, -0.2) is 14.1 Å². The van der Waals surface area contributed by atoms with Crippen molar-refractivity contribution in [3.63, 3.8) is 0 Å². The summed E-state index contributed by atoms with van der Waals surface area (Å²) < 4.78 is 4.74. The third kappa shape index (κ3) is 3.66. The van der Waals surface area contributed by atoms with Crippen LogP contribution < -0.4 is 0 Å². The molecule has 0 aliphatic carbocycles. The molecule has 0 saturated heterocycles. The second-order valence-corrected chi connectivity index (χ2v) is 11.2. The summed E-state index contributed by atoms with van der Waals surface area (Å²) in [5.74, 6) is 0. The maximum atomic E-state index is 4.51. The van der Waals surface area contributed by atoms with Crippen LogP contribution in [0.5, 0.6) is 0 Å². The molecule has 3 nitrogen and oxygen atoms in total. The largest absolute Gasteiger partial charge is 0.309 e. The van der Waals surface area contributed by atoms with Gasteiger partial charge in [-0.1, -0.05) is 103 Å². The minimum absolute atomic E-state index is 1.10. The number of para-hydroxylation sites is 3. The lowest BCUT2D eigenvalue weighted by Gasteiger charge is -2.15. The highest BCUT2D eigenvalue weighted by Crippen LogP contribution is 2.45. The van der Waals surface area contributed by atoms with Crippen molar-refractivity contribution in [2.45, 2.75) is 0 Å². The molecule has 3 heteroatoms. The Labute approximate surface area is 254 Å². The molecule has 0 fully saturated rings. The van der Waals surface area contributed by atoms with Crippen molar-refractivity contribution in [3.8, 4) is 33.6 Å². The monoisotopic (exact) mass is 561 g/mol. The van der Waals surface area contributed by atoms with E-state index in [4.69, 9.17) is 0 Å². The van der Waals surface area contributed by atoms with Gasteiger partial charge in [0.15, 0.2) is 0 Å². The van der Waals surface area contributed by atoms with Crippen molar-refractivity contribution >= 4 is 43.6 Å². The number of aromatic nitrogens is 3. The third-order valence-electron chi connectivity index (χ3n) is 8.81. The minimum atomic E-state index is 1.10. The van der Waals surface area contributed by atoms with Crippen LogP contribution in [0.3, 0.4) is 0 Å². The number of nitrogens with zero attached hydrogens (tertiary/aromatic N) is 3. The van der Waals surface area contributed by atoms with E-state index in [1.165, 1.54) is 60.3 Å². The predicted octanol–water partition coefficient (Wildman–Crippen LogP) is 10.6. The van der Waals surface area contributed by atoms with Gasteiger partial charge in [-0.2, -0.15) is 0 Å². The highest BCUT2D eigenvalue weighted by molar-refractivity contribution is 6.19. The summed E-state index contributed by atoms with van der Waals surface area (Å²) >= 11 is 0. The topological polar surface area (TPSA) is 22.8 Å². The van der Waals surface area contributed by atoms with E-state index in [0.717, 1.165) is 16.9 Å². The van der Waals surface area contributed by atoms with Gasteiger partial charge < -0.3 is 9.13 Å². The fraction of sp³-hybridized carbons (Fsp3) is 0. The van der Waals surface area contributed by atoms with Gasteiger partial charge in [-0.3, -0.25) is 4.98 Å². The van der Waals surface area contributed by atoms with Crippen LogP contribution >= 0.6 is 0 Å². The molecule has 6 aromatic carbocycles. The van der Waals surface area contributed by atoms with Crippen molar-refractivity contribution in [2.24, 2.45) is 0 Å². The van der Waals surface area contributed by atoms with Gasteiger partial charge in [0, 0.05) is 39.1 Å². The van der Waals surface area contributed by atoms with Gasteiger partial charge in [0.2, 0.25) is 0 Å². The van der Waals surface area contributed by atoms with Crippen molar-refractivity contribution < 1.29 is 0 Å². The van der Waals surface area contributed by atoms with Crippen molar-refractivity contribution in [1.29, 1.82) is 0 Å². The van der Waals surface area contributed by atoms with Crippen molar-refractivity contribution in [1.82, 2.24) is 14.1 Å². The fourth-order valence-corrected chi connectivity index (χ4v) is 6.95. The lowest BCUT2D eigenvalue weighted by atomic mass is 9.90. The Morgan fingerprint density at radius 1 is 0.409 bits per heavy atom. The van der Waals surface area contributed by atoms with Crippen LogP contribution in [-0.2, 0) is 0 Å². The van der Waals surface area contributed by atoms with Gasteiger partial charge in [-0.15, -0.1) is 0 Å². The number of pyridine rings is 1. The fourth-order valence-electron chi connectivity index (χ4n) is 6.95. The van der Waals surface area contributed by atoms with Crippen LogP contribution in [0, 0.1) is 0 Å². The van der Waals surface area contributed by atoms with Crippen LogP contribution in [0.1, 0.15) is 0 Å². The zero-order chi connectivity index (χ0) is 29.0. The molecule has 0 amide bonds.